The highest BCUT2D eigenvalue weighted by molar-refractivity contribution is 6.40. The number of allylic oxidation sites excluding steroid dienone is 1. The third-order valence-electron chi connectivity index (χ3n) is 3.57. The molecule has 1 aromatic carbocycles. The Balaban J connectivity index is 2.39. The highest BCUT2D eigenvalue weighted by Gasteiger charge is 2.32. The van der Waals surface area contributed by atoms with E-state index >= 15 is 0 Å². The van der Waals surface area contributed by atoms with E-state index in [0.717, 1.165) is 12.8 Å². The van der Waals surface area contributed by atoms with Crippen LogP contribution in [-0.4, -0.2) is 22.9 Å². The number of unbranched alkanes of at least 4 members (excludes halogenated alkanes) is 1. The van der Waals surface area contributed by atoms with Gasteiger partial charge in [0, 0.05) is 13.1 Å². The van der Waals surface area contributed by atoms with Crippen LogP contribution in [0.2, 0.25) is 0 Å². The van der Waals surface area contributed by atoms with Crippen LogP contribution in [0.4, 0.5) is 5.69 Å². The van der Waals surface area contributed by atoms with Crippen molar-refractivity contribution in [1.29, 1.82) is 0 Å². The van der Waals surface area contributed by atoms with E-state index < -0.39 is 4.92 Å². The van der Waals surface area contributed by atoms with E-state index in [1.165, 1.54) is 0 Å². The Bertz CT molecular complexity index is 662. The van der Waals surface area contributed by atoms with Crippen molar-refractivity contribution >= 4 is 28.9 Å². The van der Waals surface area contributed by atoms with Crippen molar-refractivity contribution in [3.05, 3.63) is 56.1 Å². The summed E-state index contributed by atoms with van der Waals surface area (Å²) in [4.78, 5) is 12.8. The smallest absolute Gasteiger partial charge is 0.350 e. The number of benzene rings is 1. The summed E-state index contributed by atoms with van der Waals surface area (Å²) in [6.45, 7) is 5.26. The number of ether oxygens (including phenoxy) is 1. The second-order valence-corrected chi connectivity index (χ2v) is 5.93. The maximum Gasteiger partial charge on any atom is 0.350 e. The first kappa shape index (κ1) is 18.4. The lowest BCUT2D eigenvalue weighted by Gasteiger charge is -2.22. The third-order valence-corrected chi connectivity index (χ3v) is 4.46. The Morgan fingerprint density at radius 1 is 1.33 bits per heavy atom. The molecule has 1 aliphatic rings. The van der Waals surface area contributed by atoms with E-state index in [0.29, 0.717) is 24.5 Å². The van der Waals surface area contributed by atoms with Gasteiger partial charge in [-0.15, -0.1) is 0 Å². The van der Waals surface area contributed by atoms with Gasteiger partial charge >= 0.3 is 5.70 Å². The highest BCUT2D eigenvalue weighted by Crippen LogP contribution is 2.37. The molecule has 0 aliphatic carbocycles. The van der Waals surface area contributed by atoms with Crippen molar-refractivity contribution in [3.63, 3.8) is 0 Å². The van der Waals surface area contributed by atoms with E-state index in [-0.39, 0.29) is 21.8 Å². The Labute approximate surface area is 150 Å². The van der Waals surface area contributed by atoms with Crippen LogP contribution in [-0.2, 0) is 0 Å². The van der Waals surface area contributed by atoms with Gasteiger partial charge in [-0.1, -0.05) is 48.7 Å². The molecule has 1 heterocycles. The Hall–Kier alpha value is -1.92. The number of anilines is 1. The molecule has 6 nitrogen and oxygen atoms in total. The molecule has 0 spiro atoms. The Morgan fingerprint density at radius 2 is 2.04 bits per heavy atom. The summed E-state index contributed by atoms with van der Waals surface area (Å²) >= 11 is 12.6. The number of hydrogen-bond donors (Lipinski definition) is 1. The molecule has 0 fully saturated rings. The summed E-state index contributed by atoms with van der Waals surface area (Å²) in [6, 6.07) is 7.06. The molecule has 0 saturated carbocycles. The van der Waals surface area contributed by atoms with Crippen LogP contribution in [0, 0.1) is 10.1 Å². The Morgan fingerprint density at radius 3 is 2.62 bits per heavy atom. The predicted molar refractivity (Wildman–Crippen MR) is 95.6 cm³/mol. The average molecular weight is 372 g/mol. The molecule has 1 aromatic rings. The summed E-state index contributed by atoms with van der Waals surface area (Å²) in [5, 5.41) is 14.4. The fourth-order valence-electron chi connectivity index (χ4n) is 2.27. The predicted octanol–water partition coefficient (Wildman–Crippen LogP) is 4.71. The molecule has 130 valence electrons. The van der Waals surface area contributed by atoms with Gasteiger partial charge in [0.15, 0.2) is 10.8 Å². The van der Waals surface area contributed by atoms with E-state index in [2.05, 4.69) is 12.2 Å². The van der Waals surface area contributed by atoms with Crippen LogP contribution < -0.4 is 10.1 Å². The van der Waals surface area contributed by atoms with E-state index in [1.807, 2.05) is 6.92 Å². The molecule has 1 N–H and O–H groups in total. The number of rotatable bonds is 7. The van der Waals surface area contributed by atoms with Crippen LogP contribution in [0.25, 0.3) is 0 Å². The Kier molecular flexibility index (Phi) is 6.34. The van der Waals surface area contributed by atoms with Gasteiger partial charge in [0.05, 0.1) is 10.6 Å². The minimum atomic E-state index is -0.591. The van der Waals surface area contributed by atoms with Crippen molar-refractivity contribution in [2.45, 2.75) is 26.7 Å². The van der Waals surface area contributed by atoms with Crippen LogP contribution in [0.3, 0.4) is 0 Å². The molecule has 0 unspecified atom stereocenters. The fourth-order valence-corrected chi connectivity index (χ4v) is 2.84. The van der Waals surface area contributed by atoms with Crippen LogP contribution in [0.15, 0.2) is 46.0 Å². The number of hydrogen-bond acceptors (Lipinski definition) is 5. The van der Waals surface area contributed by atoms with Crippen LogP contribution in [0.1, 0.15) is 26.7 Å². The van der Waals surface area contributed by atoms with Crippen molar-refractivity contribution in [2.75, 3.05) is 18.4 Å². The monoisotopic (exact) mass is 371 g/mol. The summed E-state index contributed by atoms with van der Waals surface area (Å²) in [6.07, 6.45) is 1.90. The van der Waals surface area contributed by atoms with Crippen molar-refractivity contribution in [1.82, 2.24) is 4.90 Å². The number of nitrogens with zero attached hydrogens (tertiary/aromatic N) is 2. The summed E-state index contributed by atoms with van der Waals surface area (Å²) < 4.78 is 5.53. The first-order valence-corrected chi connectivity index (χ1v) is 8.48. The first-order valence-electron chi connectivity index (χ1n) is 7.72. The molecular formula is C16H19Cl2N3O3. The molecule has 0 saturated heterocycles. The maximum absolute atomic E-state index is 11.5. The summed E-state index contributed by atoms with van der Waals surface area (Å²) in [5.41, 5.74) is 0.263. The van der Waals surface area contributed by atoms with Gasteiger partial charge in [-0.2, -0.15) is 0 Å². The van der Waals surface area contributed by atoms with Crippen molar-refractivity contribution in [2.24, 2.45) is 0 Å². The lowest BCUT2D eigenvalue weighted by molar-refractivity contribution is -0.422. The lowest BCUT2D eigenvalue weighted by Crippen LogP contribution is -2.23. The number of nitro groups is 1. The normalized spacial score (nSPS) is 15.8. The molecule has 0 aromatic heterocycles. The van der Waals surface area contributed by atoms with Gasteiger partial charge in [0.25, 0.3) is 5.88 Å². The first-order chi connectivity index (χ1) is 11.5. The van der Waals surface area contributed by atoms with Gasteiger partial charge in [-0.3, -0.25) is 10.1 Å². The second kappa shape index (κ2) is 8.26. The average Bonchev–Trinajstić information content (AvgIpc) is 2.98. The van der Waals surface area contributed by atoms with Crippen molar-refractivity contribution < 1.29 is 9.66 Å². The van der Waals surface area contributed by atoms with Gasteiger partial charge in [-0.25, -0.2) is 0 Å². The van der Waals surface area contributed by atoms with Crippen molar-refractivity contribution in [3.8, 4) is 5.75 Å². The van der Waals surface area contributed by atoms with E-state index in [1.54, 1.807) is 29.2 Å². The lowest BCUT2D eigenvalue weighted by atomic mass is 10.3. The maximum atomic E-state index is 11.5. The topological polar surface area (TPSA) is 67.6 Å². The van der Waals surface area contributed by atoms with E-state index in [9.17, 15) is 10.1 Å². The zero-order valence-electron chi connectivity index (χ0n) is 13.5. The zero-order chi connectivity index (χ0) is 17.7. The quantitative estimate of drug-likeness (QED) is 0.427. The minimum absolute atomic E-state index is 0.0316. The highest BCUT2D eigenvalue weighted by atomic mass is 35.5. The largest absolute Gasteiger partial charge is 0.433 e. The molecule has 0 amide bonds. The fraction of sp³-hybridized carbons (Fsp3) is 0.375. The van der Waals surface area contributed by atoms with E-state index in [4.69, 9.17) is 27.9 Å². The molecule has 0 radical (unpaired) electrons. The van der Waals surface area contributed by atoms with Crippen LogP contribution in [0.5, 0.6) is 5.75 Å². The van der Waals surface area contributed by atoms with Gasteiger partial charge < -0.3 is 15.0 Å². The van der Waals surface area contributed by atoms with Gasteiger partial charge in [0.1, 0.15) is 5.16 Å². The van der Waals surface area contributed by atoms with Gasteiger partial charge in [0.2, 0.25) is 0 Å². The molecule has 2 rings (SSSR count). The second-order valence-electron chi connectivity index (χ2n) is 5.20. The molecule has 24 heavy (non-hydrogen) atoms. The number of halogens is 2. The standard InChI is InChI=1S/C16H19Cl2N3O3/c1-3-5-10-20(4-2)15(18)13(17)14(21(22)23)16-19-11-8-6-7-9-12(11)24-16/h6-9,19H,3-5,10H2,1-2H3/b15-13+,16-14-. The number of fused-ring (bicyclic) bond motifs is 1. The SMILES string of the molecule is CCCCN(CC)/C(Cl)=C(Cl)\C(=C1/Nc2ccccc2O1)[N+](=O)[O-]. The van der Waals surface area contributed by atoms with Crippen LogP contribution >= 0.6 is 23.2 Å². The molecule has 1 aliphatic heterocycles. The molecule has 0 bridgehead atoms. The zero-order valence-corrected chi connectivity index (χ0v) is 15.0. The molecule has 8 heteroatoms. The summed E-state index contributed by atoms with van der Waals surface area (Å²) in [5.74, 6) is 0.474. The minimum Gasteiger partial charge on any atom is -0.433 e. The van der Waals surface area contributed by atoms with Gasteiger partial charge in [-0.05, 0) is 25.5 Å². The summed E-state index contributed by atoms with van der Waals surface area (Å²) in [7, 11) is 0. The number of nitrogens with one attached hydrogen (secondary N) is 1. The number of para-hydroxylation sites is 2. The molecule has 0 atom stereocenters. The third kappa shape index (κ3) is 3.94. The molecular weight excluding hydrogens is 353 g/mol.